The molecule has 0 aliphatic carbocycles. The van der Waals surface area contributed by atoms with Gasteiger partial charge in [-0.05, 0) is 57.3 Å². The number of carbonyl (C=O) groups excluding carboxylic acids is 1. The second kappa shape index (κ2) is 8.89. The van der Waals surface area contributed by atoms with Gasteiger partial charge in [0.05, 0.1) is 18.0 Å². The highest BCUT2D eigenvalue weighted by Gasteiger charge is 2.22. The SMILES string of the molecule is Cc1nc2ccccc2c(C)c1CC(=O)NC[C@H](c1c(F)cccc1Cl)N(C)C. The Morgan fingerprint density at radius 3 is 2.59 bits per heavy atom. The zero-order valence-corrected chi connectivity index (χ0v) is 17.8. The fraction of sp³-hybridized carbons (Fsp3) is 0.304. The Bertz CT molecular complexity index is 1030. The fourth-order valence-corrected chi connectivity index (χ4v) is 3.93. The Hall–Kier alpha value is -2.50. The fourth-order valence-electron chi connectivity index (χ4n) is 3.64. The number of hydrogen-bond acceptors (Lipinski definition) is 3. The van der Waals surface area contributed by atoms with Crippen LogP contribution in [0.25, 0.3) is 10.9 Å². The van der Waals surface area contributed by atoms with Gasteiger partial charge in [0.2, 0.25) is 5.91 Å². The number of halogens is 2. The standard InChI is InChI=1S/C23H25ClFN3O/c1-14-16-8-5-6-11-20(16)27-15(2)17(14)12-22(29)26-13-21(28(3)4)23-18(24)9-7-10-19(23)25/h5-11,21H,12-13H2,1-4H3,(H,26,29)/t21-/m1/s1. The van der Waals surface area contributed by atoms with E-state index in [1.54, 1.807) is 12.1 Å². The summed E-state index contributed by atoms with van der Waals surface area (Å²) in [7, 11) is 3.67. The molecule has 1 amide bonds. The number of rotatable bonds is 6. The van der Waals surface area contributed by atoms with Gasteiger partial charge >= 0.3 is 0 Å². The summed E-state index contributed by atoms with van der Waals surface area (Å²) < 4.78 is 14.4. The molecule has 0 bridgehead atoms. The largest absolute Gasteiger partial charge is 0.354 e. The minimum Gasteiger partial charge on any atom is -0.354 e. The average Bonchev–Trinajstić information content (AvgIpc) is 2.67. The highest BCUT2D eigenvalue weighted by Crippen LogP contribution is 2.28. The summed E-state index contributed by atoms with van der Waals surface area (Å²) in [5.41, 5.74) is 4.14. The summed E-state index contributed by atoms with van der Waals surface area (Å²) >= 11 is 6.22. The number of amides is 1. The number of likely N-dealkylation sites (N-methyl/N-ethyl adjacent to an activating group) is 1. The Balaban J connectivity index is 1.78. The summed E-state index contributed by atoms with van der Waals surface area (Å²) in [5, 5.41) is 4.33. The van der Waals surface area contributed by atoms with Gasteiger partial charge in [0.1, 0.15) is 5.82 Å². The second-order valence-corrected chi connectivity index (χ2v) is 7.82. The Labute approximate surface area is 175 Å². The first-order valence-electron chi connectivity index (χ1n) is 9.51. The molecule has 1 heterocycles. The van der Waals surface area contributed by atoms with E-state index in [1.165, 1.54) is 6.07 Å². The number of carbonyl (C=O) groups is 1. The van der Waals surface area contributed by atoms with E-state index in [2.05, 4.69) is 10.3 Å². The first-order chi connectivity index (χ1) is 13.8. The van der Waals surface area contributed by atoms with Gasteiger partial charge in [-0.1, -0.05) is 35.9 Å². The third kappa shape index (κ3) is 4.57. The summed E-state index contributed by atoms with van der Waals surface area (Å²) in [6.07, 6.45) is 0.223. The number of para-hydroxylation sites is 1. The number of benzene rings is 2. The smallest absolute Gasteiger partial charge is 0.224 e. The van der Waals surface area contributed by atoms with Crippen molar-refractivity contribution in [3.8, 4) is 0 Å². The second-order valence-electron chi connectivity index (χ2n) is 7.41. The maximum atomic E-state index is 14.4. The first kappa shape index (κ1) is 21.2. The Kier molecular flexibility index (Phi) is 6.50. The first-order valence-corrected chi connectivity index (χ1v) is 9.89. The number of hydrogen-bond donors (Lipinski definition) is 1. The number of nitrogens with one attached hydrogen (secondary N) is 1. The third-order valence-corrected chi connectivity index (χ3v) is 5.60. The number of aryl methyl sites for hydroxylation is 2. The van der Waals surface area contributed by atoms with Crippen LogP contribution < -0.4 is 5.32 Å². The molecule has 0 fully saturated rings. The van der Waals surface area contributed by atoms with Crippen LogP contribution in [0.2, 0.25) is 5.02 Å². The number of aromatic nitrogens is 1. The van der Waals surface area contributed by atoms with E-state index >= 15 is 0 Å². The molecule has 3 rings (SSSR count). The molecule has 1 atom stereocenters. The lowest BCUT2D eigenvalue weighted by Crippen LogP contribution is -2.36. The van der Waals surface area contributed by atoms with Crippen molar-refractivity contribution in [1.82, 2.24) is 15.2 Å². The molecule has 1 aromatic heterocycles. The van der Waals surface area contributed by atoms with Gasteiger partial charge in [-0.15, -0.1) is 0 Å². The predicted molar refractivity (Wildman–Crippen MR) is 116 cm³/mol. The number of pyridine rings is 1. The highest BCUT2D eigenvalue weighted by atomic mass is 35.5. The molecular weight excluding hydrogens is 389 g/mol. The molecule has 0 spiro atoms. The van der Waals surface area contributed by atoms with Crippen molar-refractivity contribution in [2.45, 2.75) is 26.3 Å². The molecule has 2 aromatic carbocycles. The van der Waals surface area contributed by atoms with Gasteiger partial charge in [-0.3, -0.25) is 9.78 Å². The van der Waals surface area contributed by atoms with Crippen molar-refractivity contribution in [1.29, 1.82) is 0 Å². The van der Waals surface area contributed by atoms with Crippen LogP contribution in [0.5, 0.6) is 0 Å². The van der Waals surface area contributed by atoms with Crippen LogP contribution in [0.3, 0.4) is 0 Å². The molecule has 0 saturated carbocycles. The lowest BCUT2D eigenvalue weighted by Gasteiger charge is -2.26. The summed E-state index contributed by atoms with van der Waals surface area (Å²) in [4.78, 5) is 19.2. The number of nitrogens with zero attached hydrogens (tertiary/aromatic N) is 2. The minimum atomic E-state index is -0.379. The summed E-state index contributed by atoms with van der Waals surface area (Å²) in [6, 6.07) is 12.2. The quantitative estimate of drug-likeness (QED) is 0.642. The topological polar surface area (TPSA) is 45.2 Å². The molecule has 3 aromatic rings. The zero-order valence-electron chi connectivity index (χ0n) is 17.1. The van der Waals surface area contributed by atoms with Gasteiger partial charge in [-0.25, -0.2) is 4.39 Å². The van der Waals surface area contributed by atoms with E-state index in [0.29, 0.717) is 10.6 Å². The zero-order chi connectivity index (χ0) is 21.1. The molecule has 152 valence electrons. The van der Waals surface area contributed by atoms with Gasteiger partial charge in [0.25, 0.3) is 0 Å². The normalized spacial score (nSPS) is 12.4. The van der Waals surface area contributed by atoms with Crippen molar-refractivity contribution in [2.75, 3.05) is 20.6 Å². The lowest BCUT2D eigenvalue weighted by molar-refractivity contribution is -0.120. The van der Waals surface area contributed by atoms with E-state index < -0.39 is 0 Å². The average molecular weight is 414 g/mol. The third-order valence-electron chi connectivity index (χ3n) is 5.27. The summed E-state index contributed by atoms with van der Waals surface area (Å²) in [6.45, 7) is 4.19. The molecule has 0 unspecified atom stereocenters. The van der Waals surface area contributed by atoms with Crippen LogP contribution in [0.1, 0.15) is 28.4 Å². The van der Waals surface area contributed by atoms with Crippen molar-refractivity contribution in [3.05, 3.63) is 75.7 Å². The van der Waals surface area contributed by atoms with E-state index in [4.69, 9.17) is 11.6 Å². The van der Waals surface area contributed by atoms with Gasteiger partial charge in [-0.2, -0.15) is 0 Å². The van der Waals surface area contributed by atoms with Crippen molar-refractivity contribution in [2.24, 2.45) is 0 Å². The molecule has 0 radical (unpaired) electrons. The van der Waals surface area contributed by atoms with E-state index in [9.17, 15) is 9.18 Å². The van der Waals surface area contributed by atoms with Crippen LogP contribution in [0.15, 0.2) is 42.5 Å². The lowest BCUT2D eigenvalue weighted by atomic mass is 9.99. The van der Waals surface area contributed by atoms with Crippen LogP contribution in [0.4, 0.5) is 4.39 Å². The molecule has 0 aliphatic heterocycles. The number of fused-ring (bicyclic) bond motifs is 1. The van der Waals surface area contributed by atoms with Crippen LogP contribution in [-0.4, -0.2) is 36.4 Å². The van der Waals surface area contributed by atoms with Crippen LogP contribution in [-0.2, 0) is 11.2 Å². The molecule has 29 heavy (non-hydrogen) atoms. The minimum absolute atomic E-state index is 0.132. The molecule has 0 saturated heterocycles. The van der Waals surface area contributed by atoms with Crippen LogP contribution >= 0.6 is 11.6 Å². The maximum Gasteiger partial charge on any atom is 0.224 e. The summed E-state index contributed by atoms with van der Waals surface area (Å²) in [5.74, 6) is -0.511. The Morgan fingerprint density at radius 2 is 1.90 bits per heavy atom. The van der Waals surface area contributed by atoms with Gasteiger partial charge in [0.15, 0.2) is 0 Å². The van der Waals surface area contributed by atoms with E-state index in [-0.39, 0.29) is 30.7 Å². The van der Waals surface area contributed by atoms with Gasteiger partial charge in [0, 0.05) is 28.2 Å². The van der Waals surface area contributed by atoms with E-state index in [0.717, 1.165) is 27.7 Å². The van der Waals surface area contributed by atoms with Crippen LogP contribution in [0, 0.1) is 19.7 Å². The molecule has 1 N–H and O–H groups in total. The van der Waals surface area contributed by atoms with Crippen molar-refractivity contribution >= 4 is 28.4 Å². The van der Waals surface area contributed by atoms with Crippen molar-refractivity contribution < 1.29 is 9.18 Å². The molecule has 4 nitrogen and oxygen atoms in total. The highest BCUT2D eigenvalue weighted by molar-refractivity contribution is 6.31. The van der Waals surface area contributed by atoms with Gasteiger partial charge < -0.3 is 10.2 Å². The monoisotopic (exact) mass is 413 g/mol. The maximum absolute atomic E-state index is 14.4. The molecule has 0 aliphatic rings. The predicted octanol–water partition coefficient (Wildman–Crippen LogP) is 4.61. The molecular formula is C23H25ClFN3O. The molecule has 6 heteroatoms. The Morgan fingerprint density at radius 1 is 1.17 bits per heavy atom. The van der Waals surface area contributed by atoms with Crippen molar-refractivity contribution in [3.63, 3.8) is 0 Å². The van der Waals surface area contributed by atoms with E-state index in [1.807, 2.05) is 57.1 Å².